The molecule has 1 aromatic heterocycles. The lowest BCUT2D eigenvalue weighted by atomic mass is 10.2. The van der Waals surface area contributed by atoms with E-state index >= 15 is 0 Å². The largest absolute Gasteiger partial charge is 0.383 e. The number of rotatable bonds is 4. The summed E-state index contributed by atoms with van der Waals surface area (Å²) in [6.07, 6.45) is 3.24. The Hall–Kier alpha value is -2.74. The molecular weight excluding hydrogens is 304 g/mol. The minimum atomic E-state index is -3.91. The molecule has 0 fully saturated rings. The third-order valence-electron chi connectivity index (χ3n) is 2.71. The summed E-state index contributed by atoms with van der Waals surface area (Å²) in [5.41, 5.74) is 6.71. The number of carbonyl (C=O) groups is 1. The average Bonchev–Trinajstić information content (AvgIpc) is 2.47. The first-order valence-corrected chi connectivity index (χ1v) is 7.77. The summed E-state index contributed by atoms with van der Waals surface area (Å²) in [6, 6.07) is 8.92. The summed E-state index contributed by atoms with van der Waals surface area (Å²) in [7, 11) is -3.91. The number of nitrogens with zero attached hydrogens (tertiary/aromatic N) is 1. The van der Waals surface area contributed by atoms with E-state index < -0.39 is 10.0 Å². The van der Waals surface area contributed by atoms with Crippen LogP contribution >= 0.6 is 0 Å². The number of sulfonamides is 1. The summed E-state index contributed by atoms with van der Waals surface area (Å²) in [4.78, 5) is 13.7. The molecule has 0 saturated heterocycles. The molecule has 0 aliphatic carbocycles. The zero-order chi connectivity index (χ0) is 16.2. The number of nitrogens with one attached hydrogen (secondary N) is 2. The molecule has 114 valence electrons. The van der Waals surface area contributed by atoms with Gasteiger partial charge >= 0.3 is 0 Å². The van der Waals surface area contributed by atoms with Crippen molar-refractivity contribution in [1.29, 1.82) is 0 Å². The van der Waals surface area contributed by atoms with Crippen molar-refractivity contribution in [3.8, 4) is 0 Å². The van der Waals surface area contributed by atoms with Gasteiger partial charge in [-0.05, 0) is 24.3 Å². The molecule has 1 heterocycles. The second-order valence-electron chi connectivity index (χ2n) is 4.45. The van der Waals surface area contributed by atoms with E-state index in [1.807, 2.05) is 0 Å². The lowest BCUT2D eigenvalue weighted by molar-refractivity contribution is -0.378. The van der Waals surface area contributed by atoms with Crippen LogP contribution in [0.3, 0.4) is 0 Å². The lowest BCUT2D eigenvalue weighted by Gasteiger charge is -2.04. The van der Waals surface area contributed by atoms with Crippen molar-refractivity contribution in [2.45, 2.75) is 11.8 Å². The van der Waals surface area contributed by atoms with Gasteiger partial charge in [0.05, 0.1) is 4.90 Å². The Kier molecular flexibility index (Phi) is 4.52. The number of aromatic nitrogens is 1. The van der Waals surface area contributed by atoms with Gasteiger partial charge in [0, 0.05) is 30.3 Å². The molecule has 0 aliphatic rings. The van der Waals surface area contributed by atoms with Gasteiger partial charge in [0.15, 0.2) is 12.4 Å². The molecule has 0 aliphatic heterocycles. The molecule has 2 aromatic rings. The maximum Gasteiger partial charge on any atom is 0.284 e. The van der Waals surface area contributed by atoms with Crippen molar-refractivity contribution in [1.82, 2.24) is 0 Å². The molecular formula is C14H15N4O3S+. The van der Waals surface area contributed by atoms with Gasteiger partial charge in [0.25, 0.3) is 10.0 Å². The molecule has 0 spiro atoms. The van der Waals surface area contributed by atoms with Crippen molar-refractivity contribution >= 4 is 27.5 Å². The maximum absolute atomic E-state index is 12.2. The van der Waals surface area contributed by atoms with E-state index in [-0.39, 0.29) is 16.6 Å². The number of amidine groups is 1. The van der Waals surface area contributed by atoms with E-state index in [0.29, 0.717) is 11.3 Å². The maximum atomic E-state index is 12.2. The van der Waals surface area contributed by atoms with Crippen molar-refractivity contribution in [3.63, 3.8) is 0 Å². The summed E-state index contributed by atoms with van der Waals surface area (Å²) in [6.45, 7) is 1.37. The van der Waals surface area contributed by atoms with Crippen LogP contribution in [0.25, 0.3) is 0 Å². The SMILES string of the molecule is CC(=O)Nc1ccc(S(=O)(=O)N=C(N)c2cc[nH+]cc2)cc1. The van der Waals surface area contributed by atoms with Gasteiger partial charge < -0.3 is 11.1 Å². The molecule has 4 N–H and O–H groups in total. The molecule has 0 radical (unpaired) electrons. The highest BCUT2D eigenvalue weighted by Crippen LogP contribution is 2.16. The van der Waals surface area contributed by atoms with E-state index in [2.05, 4.69) is 14.7 Å². The Morgan fingerprint density at radius 2 is 1.73 bits per heavy atom. The minimum Gasteiger partial charge on any atom is -0.383 e. The van der Waals surface area contributed by atoms with Crippen molar-refractivity contribution in [2.75, 3.05) is 5.32 Å². The first kappa shape index (κ1) is 15.6. The van der Waals surface area contributed by atoms with Crippen molar-refractivity contribution < 1.29 is 18.2 Å². The summed E-state index contributed by atoms with van der Waals surface area (Å²) in [5, 5.41) is 2.55. The smallest absolute Gasteiger partial charge is 0.284 e. The number of anilines is 1. The van der Waals surface area contributed by atoms with Gasteiger partial charge in [0.2, 0.25) is 5.91 Å². The van der Waals surface area contributed by atoms with E-state index in [1.54, 1.807) is 24.5 Å². The van der Waals surface area contributed by atoms with E-state index in [1.165, 1.54) is 31.2 Å². The zero-order valence-corrected chi connectivity index (χ0v) is 12.6. The van der Waals surface area contributed by atoms with Crippen LogP contribution in [0.5, 0.6) is 0 Å². The molecule has 7 nitrogen and oxygen atoms in total. The van der Waals surface area contributed by atoms with E-state index in [0.717, 1.165) is 0 Å². The Morgan fingerprint density at radius 1 is 1.14 bits per heavy atom. The van der Waals surface area contributed by atoms with Gasteiger partial charge in [0.1, 0.15) is 5.84 Å². The highest BCUT2D eigenvalue weighted by Gasteiger charge is 2.14. The zero-order valence-electron chi connectivity index (χ0n) is 11.8. The van der Waals surface area contributed by atoms with Gasteiger partial charge in [-0.1, -0.05) is 0 Å². The summed E-state index contributed by atoms with van der Waals surface area (Å²) >= 11 is 0. The predicted octanol–water partition coefficient (Wildman–Crippen LogP) is 0.553. The van der Waals surface area contributed by atoms with Crippen LogP contribution in [0.4, 0.5) is 5.69 Å². The normalized spacial score (nSPS) is 12.0. The monoisotopic (exact) mass is 319 g/mol. The Balaban J connectivity index is 2.29. The second kappa shape index (κ2) is 6.35. The van der Waals surface area contributed by atoms with Crippen molar-refractivity contribution in [2.24, 2.45) is 10.1 Å². The molecule has 0 saturated carbocycles. The molecule has 1 amide bonds. The van der Waals surface area contributed by atoms with Gasteiger partial charge in [-0.2, -0.15) is 8.42 Å². The summed E-state index contributed by atoms with van der Waals surface area (Å²) < 4.78 is 28.0. The number of benzene rings is 1. The number of H-pyrrole nitrogens is 1. The van der Waals surface area contributed by atoms with Crippen LogP contribution in [0, 0.1) is 0 Å². The van der Waals surface area contributed by atoms with Gasteiger partial charge in [-0.25, -0.2) is 4.98 Å². The van der Waals surface area contributed by atoms with Gasteiger partial charge in [-0.15, -0.1) is 4.40 Å². The third-order valence-corrected chi connectivity index (χ3v) is 4.01. The minimum absolute atomic E-state index is 0.00737. The number of hydrogen-bond donors (Lipinski definition) is 2. The number of hydrogen-bond acceptors (Lipinski definition) is 3. The predicted molar refractivity (Wildman–Crippen MR) is 81.7 cm³/mol. The fourth-order valence-corrected chi connectivity index (χ4v) is 2.66. The van der Waals surface area contributed by atoms with Crippen LogP contribution in [-0.2, 0) is 14.8 Å². The quantitative estimate of drug-likeness (QED) is 0.632. The molecule has 0 bridgehead atoms. The standard InChI is InChI=1S/C14H14N4O3S/c1-10(19)17-12-2-4-13(5-3-12)22(20,21)18-14(15)11-6-8-16-9-7-11/h2-9H,1H3,(H2,15,18)(H,17,19)/p+1. The van der Waals surface area contributed by atoms with Crippen LogP contribution in [0.2, 0.25) is 0 Å². The molecule has 22 heavy (non-hydrogen) atoms. The van der Waals surface area contributed by atoms with Crippen molar-refractivity contribution in [3.05, 3.63) is 54.4 Å². The number of aromatic amines is 1. The molecule has 0 unspecified atom stereocenters. The third kappa shape index (κ3) is 3.89. The topological polar surface area (TPSA) is 116 Å². The second-order valence-corrected chi connectivity index (χ2v) is 6.05. The van der Waals surface area contributed by atoms with E-state index in [9.17, 15) is 13.2 Å². The average molecular weight is 319 g/mol. The Morgan fingerprint density at radius 3 is 2.27 bits per heavy atom. The molecule has 1 aromatic carbocycles. The fourth-order valence-electron chi connectivity index (χ4n) is 1.71. The van der Waals surface area contributed by atoms with Crippen LogP contribution in [-0.4, -0.2) is 20.2 Å². The molecule has 8 heteroatoms. The Bertz CT molecular complexity index is 800. The lowest BCUT2D eigenvalue weighted by Crippen LogP contribution is -2.17. The molecule has 0 atom stereocenters. The highest BCUT2D eigenvalue weighted by molar-refractivity contribution is 7.90. The van der Waals surface area contributed by atoms with Crippen LogP contribution in [0.1, 0.15) is 12.5 Å². The number of carbonyl (C=O) groups excluding carboxylic acids is 1. The first-order valence-electron chi connectivity index (χ1n) is 6.33. The fraction of sp³-hybridized carbons (Fsp3) is 0.0714. The molecule has 2 rings (SSSR count). The number of amides is 1. The van der Waals surface area contributed by atoms with Gasteiger partial charge in [-0.3, -0.25) is 4.79 Å². The Labute approximate surface area is 128 Å². The first-order chi connectivity index (χ1) is 10.4. The van der Waals surface area contributed by atoms with Crippen LogP contribution in [0.15, 0.2) is 58.1 Å². The highest BCUT2D eigenvalue weighted by atomic mass is 32.2. The number of pyridine rings is 1. The summed E-state index contributed by atoms with van der Waals surface area (Å²) in [5.74, 6) is -0.335. The number of nitrogens with two attached hydrogens (primary N) is 1. The van der Waals surface area contributed by atoms with Crippen LogP contribution < -0.4 is 16.0 Å². The van der Waals surface area contributed by atoms with E-state index in [4.69, 9.17) is 5.73 Å².